The highest BCUT2D eigenvalue weighted by Crippen LogP contribution is 2.28. The second kappa shape index (κ2) is 8.00. The van der Waals surface area contributed by atoms with E-state index >= 15 is 0 Å². The summed E-state index contributed by atoms with van der Waals surface area (Å²) in [5, 5.41) is 13.4. The molecular weight excluding hydrogens is 338 g/mol. The van der Waals surface area contributed by atoms with Crippen molar-refractivity contribution in [3.8, 4) is 0 Å². The molecule has 25 heavy (non-hydrogen) atoms. The Morgan fingerprint density at radius 2 is 1.84 bits per heavy atom. The molecule has 0 spiro atoms. The molecule has 9 heteroatoms. The van der Waals surface area contributed by atoms with Gasteiger partial charge in [-0.25, -0.2) is 13.6 Å². The Hall–Kier alpha value is -2.58. The second-order valence-corrected chi connectivity index (χ2v) is 5.91. The average molecular weight is 356 g/mol. The number of amides is 1. The first kappa shape index (κ1) is 18.8. The fourth-order valence-electron chi connectivity index (χ4n) is 3.05. The number of rotatable bonds is 5. The number of esters is 1. The lowest BCUT2D eigenvalue weighted by atomic mass is 9.83. The number of ether oxygens (including phenoxy) is 1. The molecule has 0 aromatic heterocycles. The van der Waals surface area contributed by atoms with Crippen LogP contribution < -0.4 is 5.32 Å². The summed E-state index contributed by atoms with van der Waals surface area (Å²) in [6.07, 6.45) is 4.19. The number of carbonyl (C=O) groups excluding carboxylic acids is 2. The highest BCUT2D eigenvalue weighted by molar-refractivity contribution is 6.00. The third kappa shape index (κ3) is 4.28. The molecule has 136 valence electrons. The summed E-state index contributed by atoms with van der Waals surface area (Å²) >= 11 is 0. The van der Waals surface area contributed by atoms with E-state index in [1.165, 1.54) is 7.11 Å². The standard InChI is InChI=1S/C16H18F2N2O5/c1-25-16(22)14(9-5-3-2-4-6-9)19-15(21)10-7-11(17)12(18)8-13(10)20(23)24/h7-9,14H,2-6H2,1H3,(H,19,21)/t14-/m0/s1. The number of nitro groups is 1. The Balaban J connectivity index is 2.30. The van der Waals surface area contributed by atoms with Crippen LogP contribution in [0.25, 0.3) is 0 Å². The summed E-state index contributed by atoms with van der Waals surface area (Å²) in [4.78, 5) is 34.4. The Kier molecular flexibility index (Phi) is 6.00. The van der Waals surface area contributed by atoms with Gasteiger partial charge in [0.15, 0.2) is 11.6 Å². The van der Waals surface area contributed by atoms with Crippen LogP contribution in [0.5, 0.6) is 0 Å². The van der Waals surface area contributed by atoms with E-state index < -0.39 is 45.7 Å². The fraction of sp³-hybridized carbons (Fsp3) is 0.500. The van der Waals surface area contributed by atoms with Crippen LogP contribution in [-0.4, -0.2) is 30.0 Å². The molecule has 0 bridgehead atoms. The van der Waals surface area contributed by atoms with Crippen LogP contribution in [0.3, 0.4) is 0 Å². The Morgan fingerprint density at radius 3 is 2.40 bits per heavy atom. The van der Waals surface area contributed by atoms with E-state index in [2.05, 4.69) is 5.32 Å². The van der Waals surface area contributed by atoms with Gasteiger partial charge >= 0.3 is 5.97 Å². The predicted molar refractivity (Wildman–Crippen MR) is 82.9 cm³/mol. The third-order valence-electron chi connectivity index (χ3n) is 4.34. The first-order valence-electron chi connectivity index (χ1n) is 7.87. The number of halogens is 2. The number of hydrogen-bond acceptors (Lipinski definition) is 5. The smallest absolute Gasteiger partial charge is 0.328 e. The molecule has 0 aliphatic heterocycles. The van der Waals surface area contributed by atoms with E-state index in [0.29, 0.717) is 25.0 Å². The number of methoxy groups -OCH3 is 1. The van der Waals surface area contributed by atoms with E-state index in [0.717, 1.165) is 19.3 Å². The van der Waals surface area contributed by atoms with E-state index in [4.69, 9.17) is 4.74 Å². The molecule has 0 radical (unpaired) electrons. The lowest BCUT2D eigenvalue weighted by molar-refractivity contribution is -0.385. The van der Waals surface area contributed by atoms with Gasteiger partial charge in [0.2, 0.25) is 0 Å². The van der Waals surface area contributed by atoms with Gasteiger partial charge in [0, 0.05) is 0 Å². The summed E-state index contributed by atoms with van der Waals surface area (Å²) < 4.78 is 31.4. The molecule has 1 aliphatic rings. The van der Waals surface area contributed by atoms with Gasteiger partial charge in [-0.1, -0.05) is 19.3 Å². The van der Waals surface area contributed by atoms with Gasteiger partial charge in [-0.2, -0.15) is 0 Å². The van der Waals surface area contributed by atoms with Gasteiger partial charge in [-0.15, -0.1) is 0 Å². The number of nitrogens with one attached hydrogen (secondary N) is 1. The number of carbonyl (C=O) groups is 2. The molecule has 1 aromatic rings. The van der Waals surface area contributed by atoms with E-state index in [1.54, 1.807) is 0 Å². The van der Waals surface area contributed by atoms with Gasteiger partial charge in [-0.05, 0) is 24.8 Å². The van der Waals surface area contributed by atoms with Crippen molar-refractivity contribution < 1.29 is 28.0 Å². The average Bonchev–Trinajstić information content (AvgIpc) is 2.61. The van der Waals surface area contributed by atoms with Gasteiger partial charge in [0.05, 0.1) is 18.1 Å². The largest absolute Gasteiger partial charge is 0.467 e. The Bertz CT molecular complexity index is 689. The molecule has 2 rings (SSSR count). The summed E-state index contributed by atoms with van der Waals surface area (Å²) in [5.74, 6) is -4.69. The highest BCUT2D eigenvalue weighted by atomic mass is 19.2. The summed E-state index contributed by atoms with van der Waals surface area (Å²) in [6.45, 7) is 0. The van der Waals surface area contributed by atoms with Crippen molar-refractivity contribution in [3.05, 3.63) is 39.4 Å². The second-order valence-electron chi connectivity index (χ2n) is 5.91. The first-order chi connectivity index (χ1) is 11.8. The van der Waals surface area contributed by atoms with E-state index in [-0.39, 0.29) is 5.92 Å². The number of benzene rings is 1. The lowest BCUT2D eigenvalue weighted by Gasteiger charge is -2.28. The topological polar surface area (TPSA) is 98.5 Å². The minimum absolute atomic E-state index is 0.172. The van der Waals surface area contributed by atoms with Crippen LogP contribution >= 0.6 is 0 Å². The van der Waals surface area contributed by atoms with Crippen molar-refractivity contribution in [1.82, 2.24) is 5.32 Å². The summed E-state index contributed by atoms with van der Waals surface area (Å²) in [6, 6.07) is -0.193. The van der Waals surface area contributed by atoms with Crippen molar-refractivity contribution in [1.29, 1.82) is 0 Å². The Morgan fingerprint density at radius 1 is 1.24 bits per heavy atom. The molecule has 1 N–H and O–H groups in total. The maximum absolute atomic E-state index is 13.4. The zero-order valence-corrected chi connectivity index (χ0v) is 13.6. The highest BCUT2D eigenvalue weighted by Gasteiger charge is 2.34. The van der Waals surface area contributed by atoms with Crippen LogP contribution in [0.2, 0.25) is 0 Å². The molecule has 1 aromatic carbocycles. The normalized spacial score (nSPS) is 16.1. The number of nitro benzene ring substituents is 1. The van der Waals surface area contributed by atoms with Crippen molar-refractivity contribution >= 4 is 17.6 Å². The summed E-state index contributed by atoms with van der Waals surface area (Å²) in [7, 11) is 1.17. The van der Waals surface area contributed by atoms with Crippen molar-refractivity contribution in [2.75, 3.05) is 7.11 Å². The molecule has 1 saturated carbocycles. The molecule has 1 amide bonds. The lowest BCUT2D eigenvalue weighted by Crippen LogP contribution is -2.47. The fourth-order valence-corrected chi connectivity index (χ4v) is 3.05. The van der Waals surface area contributed by atoms with Gasteiger partial charge in [0.1, 0.15) is 11.6 Å². The maximum atomic E-state index is 13.4. The van der Waals surface area contributed by atoms with Crippen molar-refractivity contribution in [2.45, 2.75) is 38.1 Å². The minimum atomic E-state index is -1.43. The number of nitrogens with zero attached hydrogens (tertiary/aromatic N) is 1. The predicted octanol–water partition coefficient (Wildman–Crippen LogP) is 2.72. The van der Waals surface area contributed by atoms with Gasteiger partial charge in [-0.3, -0.25) is 14.9 Å². The SMILES string of the molecule is COC(=O)[C@@H](NC(=O)c1cc(F)c(F)cc1[N+](=O)[O-])C1CCCCC1. The van der Waals surface area contributed by atoms with E-state index in [9.17, 15) is 28.5 Å². The summed E-state index contributed by atoms with van der Waals surface area (Å²) in [5.41, 5.74) is -1.52. The zero-order chi connectivity index (χ0) is 18.6. The zero-order valence-electron chi connectivity index (χ0n) is 13.6. The molecule has 1 fully saturated rings. The molecule has 0 unspecified atom stereocenters. The molecule has 7 nitrogen and oxygen atoms in total. The molecule has 0 heterocycles. The quantitative estimate of drug-likeness (QED) is 0.497. The van der Waals surface area contributed by atoms with Gasteiger partial charge in [0.25, 0.3) is 11.6 Å². The maximum Gasteiger partial charge on any atom is 0.328 e. The third-order valence-corrected chi connectivity index (χ3v) is 4.34. The first-order valence-corrected chi connectivity index (χ1v) is 7.87. The van der Waals surface area contributed by atoms with Crippen LogP contribution in [0, 0.1) is 27.7 Å². The van der Waals surface area contributed by atoms with Crippen LogP contribution in [0.15, 0.2) is 12.1 Å². The molecule has 1 aliphatic carbocycles. The van der Waals surface area contributed by atoms with Crippen LogP contribution in [0.4, 0.5) is 14.5 Å². The van der Waals surface area contributed by atoms with Crippen molar-refractivity contribution in [2.24, 2.45) is 5.92 Å². The van der Waals surface area contributed by atoms with Gasteiger partial charge < -0.3 is 10.1 Å². The molecule has 1 atom stereocenters. The van der Waals surface area contributed by atoms with Crippen LogP contribution in [0.1, 0.15) is 42.5 Å². The molecular formula is C16H18F2N2O5. The molecule has 0 saturated heterocycles. The van der Waals surface area contributed by atoms with E-state index in [1.807, 2.05) is 0 Å². The van der Waals surface area contributed by atoms with Crippen LogP contribution in [-0.2, 0) is 9.53 Å². The number of hydrogen-bond donors (Lipinski definition) is 1. The van der Waals surface area contributed by atoms with Crippen molar-refractivity contribution in [3.63, 3.8) is 0 Å². The Labute approximate surface area is 142 Å². The monoisotopic (exact) mass is 356 g/mol. The minimum Gasteiger partial charge on any atom is -0.467 e.